The van der Waals surface area contributed by atoms with Gasteiger partial charge in [-0.2, -0.15) is 23.3 Å². The standard InChI is InChI=1S/C26H26F3N7O3/c1-2-22-32-25(39-34-22)17-8-10-35(11-9-17)23(37)15-36-14-18-12-16(6-7-19(18)33-36)13-30-24(38)20-4-3-5-21(31-20)26(27,28)29/h3-7,12,14,17H,2,8-11,13,15H2,1H3,(H,30,38). The topological polar surface area (TPSA) is 119 Å². The summed E-state index contributed by atoms with van der Waals surface area (Å²) in [5.74, 6) is 0.721. The molecule has 1 fully saturated rings. The lowest BCUT2D eigenvalue weighted by Gasteiger charge is -2.30. The average molecular weight is 542 g/mol. The van der Waals surface area contributed by atoms with E-state index in [0.717, 1.165) is 35.9 Å². The van der Waals surface area contributed by atoms with Gasteiger partial charge in [0.05, 0.1) is 5.52 Å². The third-order valence-electron chi connectivity index (χ3n) is 6.64. The Bertz CT molecular complexity index is 1490. The van der Waals surface area contributed by atoms with Crippen molar-refractivity contribution < 1.29 is 27.3 Å². The van der Waals surface area contributed by atoms with Crippen LogP contribution in [0.1, 0.15) is 59.1 Å². The Morgan fingerprint density at radius 1 is 1.13 bits per heavy atom. The third kappa shape index (κ3) is 6.07. The number of aryl methyl sites for hydroxylation is 1. The molecule has 0 radical (unpaired) electrons. The lowest BCUT2D eigenvalue weighted by molar-refractivity contribution is -0.141. The summed E-state index contributed by atoms with van der Waals surface area (Å²) in [6, 6.07) is 8.51. The second kappa shape index (κ2) is 10.8. The molecule has 1 aromatic carbocycles. The molecule has 0 bridgehead atoms. The molecule has 10 nitrogen and oxygen atoms in total. The smallest absolute Gasteiger partial charge is 0.347 e. The van der Waals surface area contributed by atoms with Crippen LogP contribution >= 0.6 is 0 Å². The molecular weight excluding hydrogens is 515 g/mol. The SMILES string of the molecule is CCc1noc(C2CCN(C(=O)Cn3cc4cc(CNC(=O)c5cccc(C(F)(F)F)n5)ccc4n3)CC2)n1. The highest BCUT2D eigenvalue weighted by Gasteiger charge is 2.33. The van der Waals surface area contributed by atoms with Crippen molar-refractivity contribution in [3.05, 3.63) is 71.3 Å². The molecule has 1 aliphatic heterocycles. The van der Waals surface area contributed by atoms with E-state index in [1.165, 1.54) is 6.07 Å². The van der Waals surface area contributed by atoms with Gasteiger partial charge in [0.15, 0.2) is 5.82 Å². The van der Waals surface area contributed by atoms with Gasteiger partial charge in [0.1, 0.15) is 17.9 Å². The Morgan fingerprint density at radius 2 is 1.92 bits per heavy atom. The van der Waals surface area contributed by atoms with Crippen LogP contribution in [0, 0.1) is 0 Å². The maximum Gasteiger partial charge on any atom is 0.433 e. The number of piperidine rings is 1. The minimum absolute atomic E-state index is 0.0397. The molecule has 4 heterocycles. The number of halogens is 3. The van der Waals surface area contributed by atoms with Crippen molar-refractivity contribution in [3.63, 3.8) is 0 Å². The van der Waals surface area contributed by atoms with Crippen molar-refractivity contribution in [2.45, 2.75) is 51.4 Å². The van der Waals surface area contributed by atoms with Crippen LogP contribution in [0.4, 0.5) is 13.2 Å². The molecule has 3 aromatic heterocycles. The molecule has 39 heavy (non-hydrogen) atoms. The van der Waals surface area contributed by atoms with Crippen LogP contribution in [-0.4, -0.2) is 54.7 Å². The summed E-state index contributed by atoms with van der Waals surface area (Å²) in [6.07, 6.45) is -0.656. The first kappa shape index (κ1) is 26.3. The number of pyridine rings is 1. The van der Waals surface area contributed by atoms with Gasteiger partial charge in [-0.05, 0) is 42.7 Å². The number of hydrogen-bond acceptors (Lipinski definition) is 7. The molecule has 204 valence electrons. The number of rotatable bonds is 7. The van der Waals surface area contributed by atoms with Gasteiger partial charge in [0.2, 0.25) is 11.8 Å². The Kier molecular flexibility index (Phi) is 7.31. The van der Waals surface area contributed by atoms with Gasteiger partial charge >= 0.3 is 6.18 Å². The maximum absolute atomic E-state index is 12.9. The van der Waals surface area contributed by atoms with Gasteiger partial charge in [-0.15, -0.1) is 0 Å². The van der Waals surface area contributed by atoms with E-state index < -0.39 is 17.8 Å². The van der Waals surface area contributed by atoms with E-state index in [2.05, 4.69) is 25.5 Å². The number of hydrogen-bond donors (Lipinski definition) is 1. The number of likely N-dealkylation sites (tertiary alicyclic amines) is 1. The summed E-state index contributed by atoms with van der Waals surface area (Å²) < 4.78 is 45.6. The fourth-order valence-corrected chi connectivity index (χ4v) is 4.50. The predicted octanol–water partition coefficient (Wildman–Crippen LogP) is 3.73. The largest absolute Gasteiger partial charge is 0.433 e. The summed E-state index contributed by atoms with van der Waals surface area (Å²) in [4.78, 5) is 34.9. The number of alkyl halides is 3. The highest BCUT2D eigenvalue weighted by atomic mass is 19.4. The lowest BCUT2D eigenvalue weighted by atomic mass is 9.97. The summed E-state index contributed by atoms with van der Waals surface area (Å²) in [5, 5.41) is 11.8. The van der Waals surface area contributed by atoms with Gasteiger partial charge in [0, 0.05) is 43.6 Å². The number of fused-ring (bicyclic) bond motifs is 1. The van der Waals surface area contributed by atoms with Crippen molar-refractivity contribution in [2.75, 3.05) is 13.1 Å². The number of nitrogens with one attached hydrogen (secondary N) is 1. The molecule has 0 aliphatic carbocycles. The zero-order chi connectivity index (χ0) is 27.6. The number of amides is 2. The van der Waals surface area contributed by atoms with Gasteiger partial charge in [-0.3, -0.25) is 14.3 Å². The van der Waals surface area contributed by atoms with Gasteiger partial charge in [-0.1, -0.05) is 24.2 Å². The average Bonchev–Trinajstić information content (AvgIpc) is 3.58. The zero-order valence-electron chi connectivity index (χ0n) is 21.1. The first-order valence-corrected chi connectivity index (χ1v) is 12.6. The molecule has 2 amide bonds. The summed E-state index contributed by atoms with van der Waals surface area (Å²) in [6.45, 7) is 3.34. The van der Waals surface area contributed by atoms with Crippen molar-refractivity contribution in [1.82, 2.24) is 35.1 Å². The number of nitrogens with zero attached hydrogens (tertiary/aromatic N) is 6. The molecule has 4 aromatic rings. The third-order valence-corrected chi connectivity index (χ3v) is 6.64. The van der Waals surface area contributed by atoms with Crippen LogP contribution in [-0.2, 0) is 30.5 Å². The van der Waals surface area contributed by atoms with E-state index in [0.29, 0.717) is 36.7 Å². The fraction of sp³-hybridized carbons (Fsp3) is 0.385. The van der Waals surface area contributed by atoms with E-state index in [4.69, 9.17) is 4.52 Å². The minimum Gasteiger partial charge on any atom is -0.347 e. The molecule has 5 rings (SSSR count). The molecule has 0 spiro atoms. The van der Waals surface area contributed by atoms with Gasteiger partial charge in [0.25, 0.3) is 5.91 Å². The Hall–Kier alpha value is -4.29. The summed E-state index contributed by atoms with van der Waals surface area (Å²) >= 11 is 0. The first-order chi connectivity index (χ1) is 18.7. The fourth-order valence-electron chi connectivity index (χ4n) is 4.50. The van der Waals surface area contributed by atoms with Crippen LogP contribution in [0.15, 0.2) is 47.1 Å². The maximum atomic E-state index is 12.9. The molecule has 1 aliphatic rings. The normalized spacial score (nSPS) is 14.6. The molecule has 13 heteroatoms. The Balaban J connectivity index is 1.16. The zero-order valence-corrected chi connectivity index (χ0v) is 21.1. The van der Waals surface area contributed by atoms with E-state index in [1.54, 1.807) is 23.0 Å². The second-order valence-electron chi connectivity index (χ2n) is 9.37. The van der Waals surface area contributed by atoms with Crippen molar-refractivity contribution in [2.24, 2.45) is 0 Å². The van der Waals surface area contributed by atoms with E-state index in [1.807, 2.05) is 17.9 Å². The van der Waals surface area contributed by atoms with Crippen molar-refractivity contribution in [1.29, 1.82) is 0 Å². The first-order valence-electron chi connectivity index (χ1n) is 12.6. The van der Waals surface area contributed by atoms with Crippen LogP contribution in [0.25, 0.3) is 10.9 Å². The van der Waals surface area contributed by atoms with E-state index in [-0.39, 0.29) is 30.6 Å². The van der Waals surface area contributed by atoms with Crippen LogP contribution < -0.4 is 5.32 Å². The minimum atomic E-state index is -4.63. The van der Waals surface area contributed by atoms with E-state index in [9.17, 15) is 22.8 Å². The highest BCUT2D eigenvalue weighted by molar-refractivity contribution is 5.92. The molecule has 0 saturated carbocycles. The molecular formula is C26H26F3N7O3. The molecule has 1 saturated heterocycles. The Labute approximate surface area is 221 Å². The number of aromatic nitrogens is 5. The molecule has 1 N–H and O–H groups in total. The van der Waals surface area contributed by atoms with E-state index >= 15 is 0 Å². The molecule has 0 atom stereocenters. The summed E-state index contributed by atoms with van der Waals surface area (Å²) in [5.41, 5.74) is -0.0355. The lowest BCUT2D eigenvalue weighted by Crippen LogP contribution is -2.39. The van der Waals surface area contributed by atoms with Crippen molar-refractivity contribution >= 4 is 22.7 Å². The second-order valence-corrected chi connectivity index (χ2v) is 9.37. The van der Waals surface area contributed by atoms with Crippen LogP contribution in [0.2, 0.25) is 0 Å². The number of benzene rings is 1. The number of carbonyl (C=O) groups is 2. The molecule has 0 unspecified atom stereocenters. The highest BCUT2D eigenvalue weighted by Crippen LogP contribution is 2.28. The van der Waals surface area contributed by atoms with Crippen LogP contribution in [0.5, 0.6) is 0 Å². The van der Waals surface area contributed by atoms with Gasteiger partial charge in [-0.25, -0.2) is 4.98 Å². The quantitative estimate of drug-likeness (QED) is 0.379. The monoisotopic (exact) mass is 541 g/mol. The van der Waals surface area contributed by atoms with Gasteiger partial charge < -0.3 is 14.7 Å². The summed E-state index contributed by atoms with van der Waals surface area (Å²) in [7, 11) is 0. The van der Waals surface area contributed by atoms with Crippen molar-refractivity contribution in [3.8, 4) is 0 Å². The van der Waals surface area contributed by atoms with Crippen LogP contribution in [0.3, 0.4) is 0 Å². The predicted molar refractivity (Wildman–Crippen MR) is 132 cm³/mol. The number of carbonyl (C=O) groups excluding carboxylic acids is 2. The Morgan fingerprint density at radius 3 is 2.64 bits per heavy atom.